The Morgan fingerprint density at radius 3 is 2.54 bits per heavy atom. The molecule has 0 radical (unpaired) electrons. The second-order valence-corrected chi connectivity index (χ2v) is 7.23. The molecule has 1 aliphatic heterocycles. The van der Waals surface area contributed by atoms with Gasteiger partial charge >= 0.3 is 6.03 Å². The maximum absolute atomic E-state index is 12.8. The highest BCUT2D eigenvalue weighted by molar-refractivity contribution is 5.97. The van der Waals surface area contributed by atoms with E-state index < -0.39 is 0 Å². The average Bonchev–Trinajstić information content (AvgIpc) is 2.94. The number of aromatic nitrogens is 2. The number of hydrogen-bond acceptors (Lipinski definition) is 3. The minimum Gasteiger partial charge on any atom is -0.339 e. The SMILES string of the molecule is CC[C@@H](NC(=O)Nc1cccc(C(=O)N2CCCCCC2)c1)c1ccnn1C. The molecule has 7 heteroatoms. The van der Waals surface area contributed by atoms with Gasteiger partial charge in [0.15, 0.2) is 0 Å². The third kappa shape index (κ3) is 4.91. The maximum atomic E-state index is 12.8. The van der Waals surface area contributed by atoms with Crippen LogP contribution in [0.15, 0.2) is 36.5 Å². The summed E-state index contributed by atoms with van der Waals surface area (Å²) in [6.07, 6.45) is 6.94. The fourth-order valence-corrected chi connectivity index (χ4v) is 3.62. The zero-order valence-electron chi connectivity index (χ0n) is 16.6. The second-order valence-electron chi connectivity index (χ2n) is 7.23. The largest absolute Gasteiger partial charge is 0.339 e. The number of amides is 3. The molecular formula is C21H29N5O2. The van der Waals surface area contributed by atoms with Crippen molar-refractivity contribution in [2.75, 3.05) is 18.4 Å². The average molecular weight is 383 g/mol. The summed E-state index contributed by atoms with van der Waals surface area (Å²) in [7, 11) is 1.86. The van der Waals surface area contributed by atoms with Crippen molar-refractivity contribution in [3.8, 4) is 0 Å². The Balaban J connectivity index is 1.64. The Kier molecular flexibility index (Phi) is 6.68. The lowest BCUT2D eigenvalue weighted by Crippen LogP contribution is -2.33. The summed E-state index contributed by atoms with van der Waals surface area (Å²) in [4.78, 5) is 27.2. The van der Waals surface area contributed by atoms with E-state index >= 15 is 0 Å². The molecular weight excluding hydrogens is 354 g/mol. The van der Waals surface area contributed by atoms with Crippen LogP contribution in [0, 0.1) is 0 Å². The lowest BCUT2D eigenvalue weighted by atomic mass is 10.1. The van der Waals surface area contributed by atoms with Crippen LogP contribution >= 0.6 is 0 Å². The molecule has 3 amide bonds. The number of hydrogen-bond donors (Lipinski definition) is 2. The van der Waals surface area contributed by atoms with E-state index in [1.54, 1.807) is 35.1 Å². The van der Waals surface area contributed by atoms with E-state index in [2.05, 4.69) is 15.7 Å². The number of carbonyl (C=O) groups excluding carboxylic acids is 2. The molecule has 0 spiro atoms. The van der Waals surface area contributed by atoms with Crippen molar-refractivity contribution < 1.29 is 9.59 Å². The summed E-state index contributed by atoms with van der Waals surface area (Å²) in [5, 5.41) is 9.98. The molecule has 150 valence electrons. The van der Waals surface area contributed by atoms with E-state index in [4.69, 9.17) is 0 Å². The third-order valence-corrected chi connectivity index (χ3v) is 5.19. The van der Waals surface area contributed by atoms with Crippen LogP contribution in [0.4, 0.5) is 10.5 Å². The van der Waals surface area contributed by atoms with Crippen molar-refractivity contribution in [1.29, 1.82) is 0 Å². The number of benzene rings is 1. The van der Waals surface area contributed by atoms with Crippen LogP contribution in [0.2, 0.25) is 0 Å². The number of anilines is 1. The van der Waals surface area contributed by atoms with Crippen molar-refractivity contribution in [2.45, 2.75) is 45.1 Å². The monoisotopic (exact) mass is 383 g/mol. The fourth-order valence-electron chi connectivity index (χ4n) is 3.62. The Labute approximate surface area is 166 Å². The van der Waals surface area contributed by atoms with Crippen LogP contribution in [0.25, 0.3) is 0 Å². The first-order chi connectivity index (χ1) is 13.6. The smallest absolute Gasteiger partial charge is 0.319 e. The van der Waals surface area contributed by atoms with E-state index in [1.807, 2.05) is 24.9 Å². The van der Waals surface area contributed by atoms with Crippen molar-refractivity contribution >= 4 is 17.6 Å². The number of carbonyl (C=O) groups is 2. The van der Waals surface area contributed by atoms with Crippen molar-refractivity contribution in [1.82, 2.24) is 20.0 Å². The molecule has 0 bridgehead atoms. The summed E-state index contributed by atoms with van der Waals surface area (Å²) >= 11 is 0. The Morgan fingerprint density at radius 1 is 1.14 bits per heavy atom. The number of nitrogens with zero attached hydrogens (tertiary/aromatic N) is 3. The molecule has 2 aromatic rings. The lowest BCUT2D eigenvalue weighted by Gasteiger charge is -2.21. The standard InChI is InChI=1S/C21H29N5O2/c1-3-18(19-11-12-22-25(19)2)24-21(28)23-17-10-8-9-16(15-17)20(27)26-13-6-4-5-7-14-26/h8-12,15,18H,3-7,13-14H2,1-2H3,(H2,23,24,28)/t18-/m1/s1. The van der Waals surface area contributed by atoms with Gasteiger partial charge in [0.05, 0.1) is 11.7 Å². The molecule has 1 atom stereocenters. The first kappa shape index (κ1) is 19.9. The normalized spacial score (nSPS) is 15.6. The topological polar surface area (TPSA) is 79.3 Å². The zero-order chi connectivity index (χ0) is 19.9. The number of rotatable bonds is 5. The van der Waals surface area contributed by atoms with E-state index in [-0.39, 0.29) is 18.0 Å². The zero-order valence-corrected chi connectivity index (χ0v) is 16.6. The molecule has 1 aliphatic rings. The number of aryl methyl sites for hydroxylation is 1. The molecule has 7 nitrogen and oxygen atoms in total. The van der Waals surface area contributed by atoms with Gasteiger partial charge in [0.1, 0.15) is 0 Å². The highest BCUT2D eigenvalue weighted by Gasteiger charge is 2.19. The first-order valence-corrected chi connectivity index (χ1v) is 10.0. The van der Waals surface area contributed by atoms with Gasteiger partial charge in [-0.1, -0.05) is 25.8 Å². The molecule has 0 aliphatic carbocycles. The molecule has 1 fully saturated rings. The third-order valence-electron chi connectivity index (χ3n) is 5.19. The van der Waals surface area contributed by atoms with E-state index in [9.17, 15) is 9.59 Å². The fraction of sp³-hybridized carbons (Fsp3) is 0.476. The molecule has 0 saturated carbocycles. The van der Waals surface area contributed by atoms with Crippen molar-refractivity contribution in [3.05, 3.63) is 47.8 Å². The van der Waals surface area contributed by atoms with Gasteiger partial charge in [-0.25, -0.2) is 4.79 Å². The Hall–Kier alpha value is -2.83. The molecule has 1 saturated heterocycles. The Morgan fingerprint density at radius 2 is 1.89 bits per heavy atom. The van der Waals surface area contributed by atoms with Crippen LogP contribution in [0.1, 0.15) is 61.1 Å². The van der Waals surface area contributed by atoms with Gasteiger partial charge in [0.2, 0.25) is 0 Å². The molecule has 1 aromatic carbocycles. The van der Waals surface area contributed by atoms with Crippen molar-refractivity contribution in [3.63, 3.8) is 0 Å². The summed E-state index contributed by atoms with van der Waals surface area (Å²) < 4.78 is 1.76. The van der Waals surface area contributed by atoms with Crippen LogP contribution in [-0.4, -0.2) is 39.7 Å². The van der Waals surface area contributed by atoms with Gasteiger partial charge in [-0.2, -0.15) is 5.10 Å². The van der Waals surface area contributed by atoms with Gasteiger partial charge in [0.25, 0.3) is 5.91 Å². The molecule has 2 N–H and O–H groups in total. The molecule has 2 heterocycles. The van der Waals surface area contributed by atoms with Gasteiger partial charge in [-0.05, 0) is 43.5 Å². The van der Waals surface area contributed by atoms with Gasteiger partial charge in [-0.15, -0.1) is 0 Å². The quantitative estimate of drug-likeness (QED) is 0.826. The summed E-state index contributed by atoms with van der Waals surface area (Å²) in [5.41, 5.74) is 2.17. The molecule has 3 rings (SSSR count). The van der Waals surface area contributed by atoms with E-state index in [1.165, 1.54) is 12.8 Å². The number of likely N-dealkylation sites (tertiary alicyclic amines) is 1. The summed E-state index contributed by atoms with van der Waals surface area (Å²) in [6, 6.07) is 8.62. The van der Waals surface area contributed by atoms with Gasteiger partial charge in [0, 0.05) is 37.6 Å². The maximum Gasteiger partial charge on any atom is 0.319 e. The summed E-state index contributed by atoms with van der Waals surface area (Å²) in [6.45, 7) is 3.62. The highest BCUT2D eigenvalue weighted by atomic mass is 16.2. The first-order valence-electron chi connectivity index (χ1n) is 10.0. The minimum absolute atomic E-state index is 0.0345. The minimum atomic E-state index is -0.299. The van der Waals surface area contributed by atoms with Gasteiger partial charge in [-0.3, -0.25) is 9.48 Å². The molecule has 28 heavy (non-hydrogen) atoms. The van der Waals surface area contributed by atoms with Crippen molar-refractivity contribution in [2.24, 2.45) is 7.05 Å². The van der Waals surface area contributed by atoms with E-state index in [0.29, 0.717) is 11.3 Å². The van der Waals surface area contributed by atoms with Crippen LogP contribution < -0.4 is 10.6 Å². The second kappa shape index (κ2) is 9.39. The predicted octanol–water partition coefficient (Wildman–Crippen LogP) is 3.71. The predicted molar refractivity (Wildman–Crippen MR) is 109 cm³/mol. The molecule has 0 unspecified atom stereocenters. The highest BCUT2D eigenvalue weighted by Crippen LogP contribution is 2.18. The van der Waals surface area contributed by atoms with Crippen LogP contribution in [0.3, 0.4) is 0 Å². The molecule has 1 aromatic heterocycles. The van der Waals surface area contributed by atoms with Gasteiger partial charge < -0.3 is 15.5 Å². The number of urea groups is 1. The van der Waals surface area contributed by atoms with E-state index in [0.717, 1.165) is 38.0 Å². The lowest BCUT2D eigenvalue weighted by molar-refractivity contribution is 0.0761. The van der Waals surface area contributed by atoms with Crippen LogP contribution in [0.5, 0.6) is 0 Å². The number of nitrogens with one attached hydrogen (secondary N) is 2. The van der Waals surface area contributed by atoms with Crippen LogP contribution in [-0.2, 0) is 7.05 Å². The Bertz CT molecular complexity index is 809. The summed E-state index contributed by atoms with van der Waals surface area (Å²) in [5.74, 6) is 0.0345.